The number of hydrogen-bond acceptors (Lipinski definition) is 6. The van der Waals surface area contributed by atoms with Gasteiger partial charge in [0.1, 0.15) is 12.6 Å². The quantitative estimate of drug-likeness (QED) is 0.144. The Morgan fingerprint density at radius 1 is 0.854 bits per heavy atom. The minimum Gasteiger partial charge on any atom is -0.469 e. The van der Waals surface area contributed by atoms with Gasteiger partial charge in [-0.3, -0.25) is 14.4 Å². The molecule has 0 aliphatic carbocycles. The molecule has 3 amide bonds. The van der Waals surface area contributed by atoms with E-state index in [0.29, 0.717) is 51.6 Å². The third-order valence-electron chi connectivity index (χ3n) is 6.68. The van der Waals surface area contributed by atoms with Crippen molar-refractivity contribution in [2.75, 3.05) is 20.2 Å². The number of aryl methyl sites for hydroxylation is 1. The summed E-state index contributed by atoms with van der Waals surface area (Å²) >= 11 is 0. The molecule has 3 rings (SSSR count). The summed E-state index contributed by atoms with van der Waals surface area (Å²) in [4.78, 5) is 52.3. The molecule has 220 valence electrons. The van der Waals surface area contributed by atoms with E-state index in [1.807, 2.05) is 60.8 Å². The lowest BCUT2D eigenvalue weighted by Gasteiger charge is -2.19. The number of aromatic nitrogens is 1. The standard InChI is InChI=1S/C31H40N4O6/c1-40-29(37)16-6-3-9-19-32-30(38)27(15-10-20-33-31(39)41-22-23-11-4-2-5-12-23)35-28(36)18-17-24-21-34-26-14-8-7-13-25(24)26/h2,4-5,7-8,11-14,21,27,34H,3,6,9-10,15-20,22H2,1H3,(H,32,38)(H,33,39)(H,35,36)/t27-/m0/s1. The smallest absolute Gasteiger partial charge is 0.407 e. The number of hydrogen-bond donors (Lipinski definition) is 4. The summed E-state index contributed by atoms with van der Waals surface area (Å²) in [5, 5.41) is 9.53. The van der Waals surface area contributed by atoms with E-state index in [9.17, 15) is 19.2 Å². The first-order valence-electron chi connectivity index (χ1n) is 14.1. The number of benzene rings is 2. The first-order chi connectivity index (χ1) is 20.0. The molecular formula is C31H40N4O6. The fraction of sp³-hybridized carbons (Fsp3) is 0.419. The molecule has 1 atom stereocenters. The van der Waals surface area contributed by atoms with Crippen LogP contribution in [0.15, 0.2) is 60.8 Å². The molecule has 41 heavy (non-hydrogen) atoms. The van der Waals surface area contributed by atoms with Crippen molar-refractivity contribution >= 4 is 34.8 Å². The fourth-order valence-corrected chi connectivity index (χ4v) is 4.40. The lowest BCUT2D eigenvalue weighted by atomic mass is 10.1. The predicted octanol–water partition coefficient (Wildman–Crippen LogP) is 4.14. The average Bonchev–Trinajstić information content (AvgIpc) is 3.41. The molecule has 0 fully saturated rings. The van der Waals surface area contributed by atoms with Crippen molar-refractivity contribution in [1.29, 1.82) is 0 Å². The molecular weight excluding hydrogens is 524 g/mol. The van der Waals surface area contributed by atoms with Crippen molar-refractivity contribution in [3.63, 3.8) is 0 Å². The molecule has 3 aromatic rings. The monoisotopic (exact) mass is 564 g/mol. The first-order valence-corrected chi connectivity index (χ1v) is 14.1. The van der Waals surface area contributed by atoms with Gasteiger partial charge in [-0.05, 0) is 49.3 Å². The third kappa shape index (κ3) is 11.4. The van der Waals surface area contributed by atoms with Gasteiger partial charge in [-0.15, -0.1) is 0 Å². The summed E-state index contributed by atoms with van der Waals surface area (Å²) in [6, 6.07) is 16.6. The highest BCUT2D eigenvalue weighted by molar-refractivity contribution is 5.88. The van der Waals surface area contributed by atoms with E-state index >= 15 is 0 Å². The van der Waals surface area contributed by atoms with Crippen LogP contribution in [-0.2, 0) is 36.9 Å². The molecule has 0 spiro atoms. The van der Waals surface area contributed by atoms with Gasteiger partial charge in [0.25, 0.3) is 0 Å². The summed E-state index contributed by atoms with van der Waals surface area (Å²) in [5.74, 6) is -0.740. The Hall–Kier alpha value is -4.34. The SMILES string of the molecule is COC(=O)CCCCCNC(=O)[C@H](CCCNC(=O)OCc1ccccc1)NC(=O)CCc1c[nH]c2ccccc12. The van der Waals surface area contributed by atoms with Crippen molar-refractivity contribution in [3.8, 4) is 0 Å². The molecule has 1 aromatic heterocycles. The minimum atomic E-state index is -0.734. The topological polar surface area (TPSA) is 139 Å². The van der Waals surface area contributed by atoms with E-state index in [1.165, 1.54) is 7.11 Å². The highest BCUT2D eigenvalue weighted by Crippen LogP contribution is 2.19. The van der Waals surface area contributed by atoms with Crippen LogP contribution in [-0.4, -0.2) is 55.1 Å². The van der Waals surface area contributed by atoms with Crippen LogP contribution in [0.25, 0.3) is 10.9 Å². The van der Waals surface area contributed by atoms with Gasteiger partial charge in [0.2, 0.25) is 11.8 Å². The molecule has 2 aromatic carbocycles. The summed E-state index contributed by atoms with van der Waals surface area (Å²) in [6.45, 7) is 0.908. The second-order valence-corrected chi connectivity index (χ2v) is 9.79. The molecule has 0 saturated carbocycles. The number of amides is 3. The maximum atomic E-state index is 12.9. The van der Waals surface area contributed by atoms with Crippen molar-refractivity contribution in [2.24, 2.45) is 0 Å². The second-order valence-electron chi connectivity index (χ2n) is 9.79. The van der Waals surface area contributed by atoms with Crippen LogP contribution in [0.2, 0.25) is 0 Å². The van der Waals surface area contributed by atoms with Gasteiger partial charge in [-0.1, -0.05) is 55.0 Å². The molecule has 10 heteroatoms. The number of H-pyrrole nitrogens is 1. The molecule has 0 aliphatic heterocycles. The molecule has 0 unspecified atom stereocenters. The van der Waals surface area contributed by atoms with Crippen molar-refractivity contribution in [1.82, 2.24) is 20.9 Å². The number of aromatic amines is 1. The zero-order valence-electron chi connectivity index (χ0n) is 23.6. The summed E-state index contributed by atoms with van der Waals surface area (Å²) in [5.41, 5.74) is 2.95. The van der Waals surface area contributed by atoms with Crippen LogP contribution in [0.1, 0.15) is 56.1 Å². The van der Waals surface area contributed by atoms with Gasteiger partial charge in [0.15, 0.2) is 0 Å². The van der Waals surface area contributed by atoms with Crippen LogP contribution >= 0.6 is 0 Å². The maximum absolute atomic E-state index is 12.9. The zero-order valence-corrected chi connectivity index (χ0v) is 23.6. The predicted molar refractivity (Wildman–Crippen MR) is 156 cm³/mol. The number of carbonyl (C=O) groups excluding carboxylic acids is 4. The van der Waals surface area contributed by atoms with Gasteiger partial charge >= 0.3 is 12.1 Å². The number of para-hydroxylation sites is 1. The molecule has 0 bridgehead atoms. The van der Waals surface area contributed by atoms with E-state index < -0.39 is 12.1 Å². The van der Waals surface area contributed by atoms with Crippen molar-refractivity contribution < 1.29 is 28.7 Å². The normalized spacial score (nSPS) is 11.4. The lowest BCUT2D eigenvalue weighted by Crippen LogP contribution is -2.47. The van der Waals surface area contributed by atoms with E-state index in [2.05, 4.69) is 25.7 Å². The van der Waals surface area contributed by atoms with Gasteiger partial charge in [0.05, 0.1) is 7.11 Å². The Morgan fingerprint density at radius 2 is 1.61 bits per heavy atom. The number of fused-ring (bicyclic) bond motifs is 1. The Bertz CT molecular complexity index is 1260. The summed E-state index contributed by atoms with van der Waals surface area (Å²) < 4.78 is 9.86. The molecule has 4 N–H and O–H groups in total. The number of nitrogens with one attached hydrogen (secondary N) is 4. The molecule has 0 aliphatic rings. The highest BCUT2D eigenvalue weighted by Gasteiger charge is 2.20. The number of unbranched alkanes of at least 4 members (excludes halogenated alkanes) is 2. The first kappa shape index (κ1) is 31.2. The molecule has 0 saturated heterocycles. The van der Waals surface area contributed by atoms with Gasteiger partial charge in [-0.2, -0.15) is 0 Å². The summed E-state index contributed by atoms with van der Waals surface area (Å²) in [7, 11) is 1.36. The number of ether oxygens (including phenoxy) is 2. The summed E-state index contributed by atoms with van der Waals surface area (Å²) in [6.07, 6.45) is 5.48. The van der Waals surface area contributed by atoms with Crippen LogP contribution < -0.4 is 16.0 Å². The largest absolute Gasteiger partial charge is 0.469 e. The van der Waals surface area contributed by atoms with Gasteiger partial charge in [-0.25, -0.2) is 4.79 Å². The Labute approximate surface area is 240 Å². The molecule has 10 nitrogen and oxygen atoms in total. The number of carbonyl (C=O) groups is 4. The van der Waals surface area contributed by atoms with Crippen LogP contribution in [0.4, 0.5) is 4.79 Å². The van der Waals surface area contributed by atoms with E-state index in [4.69, 9.17) is 4.74 Å². The minimum absolute atomic E-state index is 0.170. The number of methoxy groups -OCH3 is 1. The fourth-order valence-electron chi connectivity index (χ4n) is 4.40. The Balaban J connectivity index is 1.44. The third-order valence-corrected chi connectivity index (χ3v) is 6.68. The number of rotatable bonds is 17. The van der Waals surface area contributed by atoms with E-state index in [-0.39, 0.29) is 30.8 Å². The Morgan fingerprint density at radius 3 is 2.41 bits per heavy atom. The number of esters is 1. The van der Waals surface area contributed by atoms with E-state index in [1.54, 1.807) is 0 Å². The van der Waals surface area contributed by atoms with Crippen LogP contribution in [0, 0.1) is 0 Å². The van der Waals surface area contributed by atoms with Crippen molar-refractivity contribution in [2.45, 2.75) is 64.0 Å². The molecule has 0 radical (unpaired) electrons. The highest BCUT2D eigenvalue weighted by atomic mass is 16.5. The molecule has 1 heterocycles. The van der Waals surface area contributed by atoms with E-state index in [0.717, 1.165) is 28.5 Å². The van der Waals surface area contributed by atoms with Gasteiger partial charge in [0, 0.05) is 43.0 Å². The average molecular weight is 565 g/mol. The number of alkyl carbamates (subject to hydrolysis) is 1. The van der Waals surface area contributed by atoms with Gasteiger partial charge < -0.3 is 30.4 Å². The van der Waals surface area contributed by atoms with Crippen molar-refractivity contribution in [3.05, 3.63) is 71.9 Å². The zero-order chi connectivity index (χ0) is 29.3. The Kier molecular flexibility index (Phi) is 13.2. The van der Waals surface area contributed by atoms with Crippen LogP contribution in [0.5, 0.6) is 0 Å². The van der Waals surface area contributed by atoms with Crippen LogP contribution in [0.3, 0.4) is 0 Å². The second kappa shape index (κ2) is 17.4. The lowest BCUT2D eigenvalue weighted by molar-refractivity contribution is -0.140. The maximum Gasteiger partial charge on any atom is 0.407 e.